The van der Waals surface area contributed by atoms with Crippen molar-refractivity contribution in [3.8, 4) is 0 Å². The molecule has 1 aliphatic heterocycles. The number of carboxylic acids is 1. The number of carbonyl (C=O) groups is 1. The van der Waals surface area contributed by atoms with Crippen LogP contribution in [0.5, 0.6) is 0 Å². The summed E-state index contributed by atoms with van der Waals surface area (Å²) in [4.78, 5) is 13.5. The zero-order chi connectivity index (χ0) is 15.1. The Morgan fingerprint density at radius 3 is 2.62 bits per heavy atom. The van der Waals surface area contributed by atoms with Crippen molar-refractivity contribution in [2.45, 2.75) is 25.6 Å². The smallest absolute Gasteiger partial charge is 0.321 e. The summed E-state index contributed by atoms with van der Waals surface area (Å²) >= 11 is 0. The molecule has 3 rings (SSSR count). The van der Waals surface area contributed by atoms with E-state index >= 15 is 0 Å². The molecule has 2 N–H and O–H groups in total. The van der Waals surface area contributed by atoms with E-state index in [9.17, 15) is 9.90 Å². The molecule has 5 heteroatoms. The van der Waals surface area contributed by atoms with Crippen LogP contribution in [-0.2, 0) is 31.4 Å². The van der Waals surface area contributed by atoms with Crippen molar-refractivity contribution in [1.29, 1.82) is 0 Å². The van der Waals surface area contributed by atoms with E-state index in [0.717, 1.165) is 18.7 Å². The van der Waals surface area contributed by atoms with Crippen molar-refractivity contribution in [3.05, 3.63) is 35.0 Å². The predicted octanol–water partition coefficient (Wildman–Crippen LogP) is 1.34. The number of benzene rings is 1. The Labute approximate surface area is 124 Å². The molecular formula is C16H21N3O2. The van der Waals surface area contributed by atoms with Crippen LogP contribution in [0.1, 0.15) is 16.7 Å². The first-order valence-electron chi connectivity index (χ1n) is 7.18. The minimum Gasteiger partial charge on any atom is -0.480 e. The number of nitrogens with one attached hydrogen (secondary N) is 1. The normalized spacial score (nSPS) is 16.3. The molecular weight excluding hydrogens is 266 g/mol. The van der Waals surface area contributed by atoms with E-state index in [1.165, 1.54) is 22.0 Å². The van der Waals surface area contributed by atoms with Gasteiger partial charge in [0.05, 0.1) is 0 Å². The number of hydrogen-bond acceptors (Lipinski definition) is 3. The van der Waals surface area contributed by atoms with Gasteiger partial charge in [0.2, 0.25) is 0 Å². The van der Waals surface area contributed by atoms with E-state index in [1.807, 2.05) is 7.05 Å². The van der Waals surface area contributed by atoms with Gasteiger partial charge in [0.15, 0.2) is 0 Å². The molecule has 2 aromatic rings. The Bertz CT molecular complexity index is 705. The van der Waals surface area contributed by atoms with Crippen LogP contribution in [-0.4, -0.2) is 40.7 Å². The first-order chi connectivity index (χ1) is 9.99. The lowest BCUT2D eigenvalue weighted by atomic mass is 10.0. The van der Waals surface area contributed by atoms with Crippen LogP contribution in [0, 0.1) is 0 Å². The molecule has 0 fully saturated rings. The number of carboxylic acid groups (broad SMARTS) is 1. The van der Waals surface area contributed by atoms with Gasteiger partial charge in [-0.05, 0) is 42.9 Å². The minimum atomic E-state index is -0.810. The van der Waals surface area contributed by atoms with Gasteiger partial charge in [-0.3, -0.25) is 9.69 Å². The van der Waals surface area contributed by atoms with Crippen LogP contribution < -0.4 is 5.32 Å². The van der Waals surface area contributed by atoms with Gasteiger partial charge >= 0.3 is 5.97 Å². The molecule has 2 heterocycles. The van der Waals surface area contributed by atoms with Crippen molar-refractivity contribution in [2.24, 2.45) is 7.05 Å². The van der Waals surface area contributed by atoms with Gasteiger partial charge in [0.25, 0.3) is 0 Å². The maximum Gasteiger partial charge on any atom is 0.321 e. The summed E-state index contributed by atoms with van der Waals surface area (Å²) < 4.78 is 2.10. The van der Waals surface area contributed by atoms with E-state index in [-0.39, 0.29) is 0 Å². The number of aromatic nitrogens is 1. The Kier molecular flexibility index (Phi) is 3.47. The highest BCUT2D eigenvalue weighted by atomic mass is 16.4. The number of aryl methyl sites for hydroxylation is 1. The average molecular weight is 287 g/mol. The molecule has 1 unspecified atom stereocenters. The van der Waals surface area contributed by atoms with E-state index in [2.05, 4.69) is 40.2 Å². The second-order valence-corrected chi connectivity index (χ2v) is 5.96. The number of rotatable bonds is 4. The van der Waals surface area contributed by atoms with Crippen LogP contribution in [0.15, 0.2) is 18.3 Å². The molecule has 0 aliphatic carbocycles. The second-order valence-electron chi connectivity index (χ2n) is 5.96. The van der Waals surface area contributed by atoms with Gasteiger partial charge in [-0.15, -0.1) is 0 Å². The van der Waals surface area contributed by atoms with Gasteiger partial charge in [-0.2, -0.15) is 0 Å². The number of aliphatic carboxylic acids is 1. The molecule has 0 saturated carbocycles. The van der Waals surface area contributed by atoms with Crippen molar-refractivity contribution in [1.82, 2.24) is 14.8 Å². The maximum atomic E-state index is 11.2. The van der Waals surface area contributed by atoms with E-state index in [1.54, 1.807) is 7.05 Å². The third-order valence-electron chi connectivity index (χ3n) is 4.34. The molecule has 0 radical (unpaired) electrons. The molecule has 1 aromatic carbocycles. The molecule has 21 heavy (non-hydrogen) atoms. The van der Waals surface area contributed by atoms with E-state index < -0.39 is 12.0 Å². The Balaban J connectivity index is 2.04. The lowest BCUT2D eigenvalue weighted by Crippen LogP contribution is -2.35. The number of nitrogens with zero attached hydrogens (tertiary/aromatic N) is 2. The molecule has 1 aromatic heterocycles. The third kappa shape index (κ3) is 2.43. The topological polar surface area (TPSA) is 57.5 Å². The SMILES string of the molecule is CNC(Cc1cn(C)c2cc3c(cc12)CN(C)C3)C(=O)O. The summed E-state index contributed by atoms with van der Waals surface area (Å²) in [6.45, 7) is 1.95. The zero-order valence-electron chi connectivity index (χ0n) is 12.7. The van der Waals surface area contributed by atoms with Crippen LogP contribution in [0.25, 0.3) is 10.9 Å². The summed E-state index contributed by atoms with van der Waals surface area (Å²) in [7, 11) is 5.83. The minimum absolute atomic E-state index is 0.498. The number of likely N-dealkylation sites (N-methyl/N-ethyl adjacent to an activating group) is 1. The summed E-state index contributed by atoms with van der Waals surface area (Å²) in [5.41, 5.74) is 5.00. The zero-order valence-corrected chi connectivity index (χ0v) is 12.7. The van der Waals surface area contributed by atoms with Crippen LogP contribution in [0.3, 0.4) is 0 Å². The average Bonchev–Trinajstić information content (AvgIpc) is 2.93. The van der Waals surface area contributed by atoms with Gasteiger partial charge in [0.1, 0.15) is 6.04 Å². The first kappa shape index (κ1) is 14.1. The lowest BCUT2D eigenvalue weighted by molar-refractivity contribution is -0.139. The van der Waals surface area contributed by atoms with Crippen molar-refractivity contribution >= 4 is 16.9 Å². The fourth-order valence-corrected chi connectivity index (χ4v) is 3.23. The highest BCUT2D eigenvalue weighted by Gasteiger charge is 2.21. The van der Waals surface area contributed by atoms with E-state index in [4.69, 9.17) is 0 Å². The molecule has 5 nitrogen and oxygen atoms in total. The Morgan fingerprint density at radius 2 is 2.00 bits per heavy atom. The summed E-state index contributed by atoms with van der Waals surface area (Å²) in [6, 6.07) is 3.93. The van der Waals surface area contributed by atoms with Crippen molar-refractivity contribution in [2.75, 3.05) is 14.1 Å². The van der Waals surface area contributed by atoms with E-state index in [0.29, 0.717) is 6.42 Å². The number of fused-ring (bicyclic) bond motifs is 2. The fourth-order valence-electron chi connectivity index (χ4n) is 3.23. The Hall–Kier alpha value is -1.85. The standard InChI is InChI=1S/C16H21N3O2/c1-17-14(16(20)21)5-12-9-19(3)15-6-11-8-18(2)7-10(11)4-13(12)15/h4,6,9,14,17H,5,7-8H2,1-3H3,(H,20,21). The highest BCUT2D eigenvalue weighted by molar-refractivity contribution is 5.86. The fraction of sp³-hybridized carbons (Fsp3) is 0.438. The first-order valence-corrected chi connectivity index (χ1v) is 7.18. The summed E-state index contributed by atoms with van der Waals surface area (Å²) in [5.74, 6) is -0.810. The molecule has 0 saturated heterocycles. The van der Waals surface area contributed by atoms with Crippen LogP contribution >= 0.6 is 0 Å². The van der Waals surface area contributed by atoms with Gasteiger partial charge in [-0.1, -0.05) is 0 Å². The molecule has 112 valence electrons. The third-order valence-corrected chi connectivity index (χ3v) is 4.34. The van der Waals surface area contributed by atoms with Crippen molar-refractivity contribution in [3.63, 3.8) is 0 Å². The number of hydrogen-bond donors (Lipinski definition) is 2. The maximum absolute atomic E-state index is 11.2. The Morgan fingerprint density at radius 1 is 1.33 bits per heavy atom. The van der Waals surface area contributed by atoms with Gasteiger partial charge in [-0.25, -0.2) is 0 Å². The highest BCUT2D eigenvalue weighted by Crippen LogP contribution is 2.30. The second kappa shape index (κ2) is 5.16. The van der Waals surface area contributed by atoms with Crippen LogP contribution in [0.4, 0.5) is 0 Å². The monoisotopic (exact) mass is 287 g/mol. The van der Waals surface area contributed by atoms with Gasteiger partial charge in [0, 0.05) is 43.7 Å². The quantitative estimate of drug-likeness (QED) is 0.891. The van der Waals surface area contributed by atoms with Crippen LogP contribution in [0.2, 0.25) is 0 Å². The predicted molar refractivity (Wildman–Crippen MR) is 82.3 cm³/mol. The molecule has 1 aliphatic rings. The largest absolute Gasteiger partial charge is 0.480 e. The summed E-state index contributed by atoms with van der Waals surface area (Å²) in [5, 5.41) is 13.3. The molecule has 0 bridgehead atoms. The summed E-state index contributed by atoms with van der Waals surface area (Å²) in [6.07, 6.45) is 2.55. The van der Waals surface area contributed by atoms with Gasteiger partial charge < -0.3 is 15.0 Å². The molecule has 0 spiro atoms. The molecule has 0 amide bonds. The molecule has 1 atom stereocenters. The lowest BCUT2D eigenvalue weighted by Gasteiger charge is -2.10. The van der Waals surface area contributed by atoms with Crippen molar-refractivity contribution < 1.29 is 9.90 Å².